The third-order valence-electron chi connectivity index (χ3n) is 3.78. The van der Waals surface area contributed by atoms with Gasteiger partial charge in [0.05, 0.1) is 13.7 Å². The minimum absolute atomic E-state index is 0.563. The highest BCUT2D eigenvalue weighted by atomic mass is 16.5. The average molecular weight is 233 g/mol. The molecule has 92 valence electrons. The molecular formula is C14H19NO2. The molecule has 1 atom stereocenters. The Morgan fingerprint density at radius 1 is 1.41 bits per heavy atom. The van der Waals surface area contributed by atoms with Gasteiger partial charge in [0.25, 0.3) is 0 Å². The van der Waals surface area contributed by atoms with Crippen LogP contribution in [-0.2, 0) is 6.42 Å². The summed E-state index contributed by atoms with van der Waals surface area (Å²) < 4.78 is 11.2. The molecule has 0 radical (unpaired) electrons. The summed E-state index contributed by atoms with van der Waals surface area (Å²) in [5, 5.41) is 3.46. The second kappa shape index (κ2) is 4.57. The number of benzene rings is 1. The molecule has 1 unspecified atom stereocenters. The quantitative estimate of drug-likeness (QED) is 0.848. The number of rotatable bonds is 2. The first kappa shape index (κ1) is 10.9. The molecular weight excluding hydrogens is 214 g/mol. The van der Waals surface area contributed by atoms with E-state index in [-0.39, 0.29) is 0 Å². The molecule has 0 aliphatic carbocycles. The number of fused-ring (bicyclic) bond motifs is 1. The van der Waals surface area contributed by atoms with Crippen molar-refractivity contribution < 1.29 is 9.47 Å². The third kappa shape index (κ3) is 2.00. The maximum atomic E-state index is 5.65. The third-order valence-corrected chi connectivity index (χ3v) is 3.78. The summed E-state index contributed by atoms with van der Waals surface area (Å²) in [5.41, 5.74) is 2.59. The second-order valence-corrected chi connectivity index (χ2v) is 4.84. The fourth-order valence-corrected chi connectivity index (χ4v) is 2.83. The Morgan fingerprint density at radius 3 is 3.12 bits per heavy atom. The maximum absolute atomic E-state index is 5.65. The molecule has 3 nitrogen and oxygen atoms in total. The van der Waals surface area contributed by atoms with Gasteiger partial charge in [-0.1, -0.05) is 0 Å². The van der Waals surface area contributed by atoms with Crippen LogP contribution in [0.1, 0.15) is 29.9 Å². The van der Waals surface area contributed by atoms with Crippen molar-refractivity contribution in [3.8, 4) is 11.5 Å². The molecule has 1 aromatic rings. The summed E-state index contributed by atoms with van der Waals surface area (Å²) in [6.07, 6.45) is 3.49. The molecule has 0 amide bonds. The maximum Gasteiger partial charge on any atom is 0.123 e. The molecule has 1 saturated heterocycles. The van der Waals surface area contributed by atoms with Crippen LogP contribution in [0.2, 0.25) is 0 Å². The zero-order chi connectivity index (χ0) is 11.7. The number of methoxy groups -OCH3 is 1. The van der Waals surface area contributed by atoms with Gasteiger partial charge in [-0.05, 0) is 31.5 Å². The Bertz CT molecular complexity index is 411. The second-order valence-electron chi connectivity index (χ2n) is 4.84. The van der Waals surface area contributed by atoms with Gasteiger partial charge in [0.15, 0.2) is 0 Å². The van der Waals surface area contributed by atoms with Crippen molar-refractivity contribution in [3.05, 3.63) is 23.3 Å². The van der Waals surface area contributed by atoms with Crippen molar-refractivity contribution in [1.82, 2.24) is 5.32 Å². The van der Waals surface area contributed by atoms with Crippen molar-refractivity contribution >= 4 is 0 Å². The topological polar surface area (TPSA) is 30.5 Å². The molecule has 1 N–H and O–H groups in total. The average Bonchev–Trinajstić information content (AvgIpc) is 2.85. The molecule has 0 bridgehead atoms. The molecule has 2 aliphatic rings. The molecule has 2 heterocycles. The van der Waals surface area contributed by atoms with E-state index in [9.17, 15) is 0 Å². The normalized spacial score (nSPS) is 23.0. The number of piperidine rings is 1. The fraction of sp³-hybridized carbons (Fsp3) is 0.571. The lowest BCUT2D eigenvalue weighted by atomic mass is 9.90. The minimum Gasteiger partial charge on any atom is -0.496 e. The molecule has 3 rings (SSSR count). The molecule has 0 saturated carbocycles. The van der Waals surface area contributed by atoms with Crippen LogP contribution in [-0.4, -0.2) is 26.8 Å². The van der Waals surface area contributed by atoms with Gasteiger partial charge < -0.3 is 14.8 Å². The SMILES string of the molecule is COc1cc2c(cc1C1CCCNC1)OCC2. The highest BCUT2D eigenvalue weighted by Crippen LogP contribution is 2.38. The van der Waals surface area contributed by atoms with Gasteiger partial charge in [-0.15, -0.1) is 0 Å². The Labute approximate surface area is 102 Å². The van der Waals surface area contributed by atoms with Gasteiger partial charge in [0.2, 0.25) is 0 Å². The van der Waals surface area contributed by atoms with E-state index in [0.717, 1.165) is 37.6 Å². The van der Waals surface area contributed by atoms with Crippen LogP contribution in [0.4, 0.5) is 0 Å². The number of nitrogens with one attached hydrogen (secondary N) is 1. The van der Waals surface area contributed by atoms with E-state index in [1.54, 1.807) is 7.11 Å². The van der Waals surface area contributed by atoms with Gasteiger partial charge >= 0.3 is 0 Å². The number of ether oxygens (including phenoxy) is 2. The largest absolute Gasteiger partial charge is 0.496 e. The Hall–Kier alpha value is -1.22. The molecule has 1 fully saturated rings. The van der Waals surface area contributed by atoms with Crippen molar-refractivity contribution in [2.45, 2.75) is 25.2 Å². The van der Waals surface area contributed by atoms with E-state index in [1.807, 2.05) is 0 Å². The van der Waals surface area contributed by atoms with Crippen LogP contribution >= 0.6 is 0 Å². The van der Waals surface area contributed by atoms with Gasteiger partial charge in [0.1, 0.15) is 11.5 Å². The monoisotopic (exact) mass is 233 g/mol. The summed E-state index contributed by atoms with van der Waals surface area (Å²) in [6, 6.07) is 4.35. The highest BCUT2D eigenvalue weighted by Gasteiger charge is 2.23. The molecule has 2 aliphatic heterocycles. The lowest BCUT2D eigenvalue weighted by Crippen LogP contribution is -2.28. The Balaban J connectivity index is 1.96. The molecule has 1 aromatic carbocycles. The van der Waals surface area contributed by atoms with Crippen LogP contribution in [0.25, 0.3) is 0 Å². The minimum atomic E-state index is 0.563. The number of hydrogen-bond donors (Lipinski definition) is 1. The summed E-state index contributed by atoms with van der Waals surface area (Å²) >= 11 is 0. The van der Waals surface area contributed by atoms with Gasteiger partial charge in [-0.3, -0.25) is 0 Å². The molecule has 17 heavy (non-hydrogen) atoms. The van der Waals surface area contributed by atoms with E-state index in [2.05, 4.69) is 17.4 Å². The van der Waals surface area contributed by atoms with Gasteiger partial charge in [-0.2, -0.15) is 0 Å². The molecule has 0 spiro atoms. The number of hydrogen-bond acceptors (Lipinski definition) is 3. The van der Waals surface area contributed by atoms with Crippen molar-refractivity contribution in [3.63, 3.8) is 0 Å². The first-order valence-corrected chi connectivity index (χ1v) is 6.43. The van der Waals surface area contributed by atoms with Gasteiger partial charge in [0, 0.05) is 30.0 Å². The first-order valence-electron chi connectivity index (χ1n) is 6.43. The van der Waals surface area contributed by atoms with Crippen molar-refractivity contribution in [2.24, 2.45) is 0 Å². The Kier molecular flexibility index (Phi) is 2.93. The highest BCUT2D eigenvalue weighted by molar-refractivity contribution is 5.49. The summed E-state index contributed by atoms with van der Waals surface area (Å²) in [7, 11) is 1.76. The van der Waals surface area contributed by atoms with E-state index in [4.69, 9.17) is 9.47 Å². The van der Waals surface area contributed by atoms with Crippen LogP contribution in [0.5, 0.6) is 11.5 Å². The van der Waals surface area contributed by atoms with E-state index in [0.29, 0.717) is 5.92 Å². The lowest BCUT2D eigenvalue weighted by molar-refractivity contribution is 0.354. The van der Waals surface area contributed by atoms with E-state index in [1.165, 1.54) is 24.0 Å². The zero-order valence-electron chi connectivity index (χ0n) is 10.3. The predicted octanol–water partition coefficient (Wildman–Crippen LogP) is 2.10. The van der Waals surface area contributed by atoms with Crippen molar-refractivity contribution in [2.75, 3.05) is 26.8 Å². The fourth-order valence-electron chi connectivity index (χ4n) is 2.83. The molecule has 0 aromatic heterocycles. The zero-order valence-corrected chi connectivity index (χ0v) is 10.3. The van der Waals surface area contributed by atoms with E-state index >= 15 is 0 Å². The van der Waals surface area contributed by atoms with Crippen LogP contribution in [0.3, 0.4) is 0 Å². The van der Waals surface area contributed by atoms with Crippen LogP contribution in [0.15, 0.2) is 12.1 Å². The summed E-state index contributed by atoms with van der Waals surface area (Å²) in [5.74, 6) is 2.66. The Morgan fingerprint density at radius 2 is 2.35 bits per heavy atom. The first-order chi connectivity index (χ1) is 8.38. The standard InChI is InChI=1S/C14H19NO2/c1-16-14-7-10-4-6-17-13(10)8-12(14)11-3-2-5-15-9-11/h7-8,11,15H,2-6,9H2,1H3. The van der Waals surface area contributed by atoms with Crippen LogP contribution in [0, 0.1) is 0 Å². The summed E-state index contributed by atoms with van der Waals surface area (Å²) in [4.78, 5) is 0. The molecule has 3 heteroatoms. The van der Waals surface area contributed by atoms with E-state index < -0.39 is 0 Å². The van der Waals surface area contributed by atoms with Crippen LogP contribution < -0.4 is 14.8 Å². The predicted molar refractivity (Wildman–Crippen MR) is 67.0 cm³/mol. The smallest absolute Gasteiger partial charge is 0.123 e. The lowest BCUT2D eigenvalue weighted by Gasteiger charge is -2.25. The van der Waals surface area contributed by atoms with Gasteiger partial charge in [-0.25, -0.2) is 0 Å². The summed E-state index contributed by atoms with van der Waals surface area (Å²) in [6.45, 7) is 3.00. The van der Waals surface area contributed by atoms with Crippen molar-refractivity contribution in [1.29, 1.82) is 0 Å².